The average molecular weight is 393 g/mol. The van der Waals surface area contributed by atoms with Crippen molar-refractivity contribution < 1.29 is 9.59 Å². The molecule has 6 heteroatoms. The summed E-state index contributed by atoms with van der Waals surface area (Å²) < 4.78 is 0. The van der Waals surface area contributed by atoms with E-state index in [1.165, 1.54) is 12.0 Å². The first-order chi connectivity index (χ1) is 14.1. The van der Waals surface area contributed by atoms with E-state index in [4.69, 9.17) is 5.73 Å². The van der Waals surface area contributed by atoms with Gasteiger partial charge in [-0.25, -0.2) is 4.79 Å². The number of hydrogen-bond acceptors (Lipinski definition) is 3. The van der Waals surface area contributed by atoms with E-state index in [0.29, 0.717) is 23.1 Å². The van der Waals surface area contributed by atoms with Gasteiger partial charge in [-0.15, -0.1) is 0 Å². The molecule has 2 saturated heterocycles. The lowest BCUT2D eigenvalue weighted by Gasteiger charge is -2.22. The number of hydrogen-bond donors (Lipinski definition) is 2. The van der Waals surface area contributed by atoms with Crippen LogP contribution in [0, 0.1) is 11.8 Å². The number of rotatable bonds is 6. The van der Waals surface area contributed by atoms with Gasteiger partial charge in [-0.1, -0.05) is 30.3 Å². The van der Waals surface area contributed by atoms with Gasteiger partial charge < -0.3 is 20.9 Å². The van der Waals surface area contributed by atoms with Gasteiger partial charge in [-0.05, 0) is 61.1 Å². The number of benzene rings is 2. The van der Waals surface area contributed by atoms with Crippen molar-refractivity contribution in [3.05, 3.63) is 65.7 Å². The zero-order chi connectivity index (χ0) is 20.2. The molecule has 0 saturated carbocycles. The molecular weight excluding hydrogens is 364 g/mol. The van der Waals surface area contributed by atoms with E-state index in [9.17, 15) is 9.59 Å². The molecule has 6 nitrogen and oxygen atoms in total. The Kier molecular flexibility index (Phi) is 5.81. The molecule has 0 radical (unpaired) electrons. The Morgan fingerprint density at radius 3 is 2.21 bits per heavy atom. The average Bonchev–Trinajstić information content (AvgIpc) is 3.27. The maximum Gasteiger partial charge on any atom is 0.316 e. The molecule has 2 fully saturated rings. The normalized spacial score (nSPS) is 21.2. The zero-order valence-corrected chi connectivity index (χ0v) is 16.6. The molecule has 2 aromatic carbocycles. The Labute approximate surface area is 171 Å². The highest BCUT2D eigenvalue weighted by atomic mass is 16.2. The second-order valence-corrected chi connectivity index (χ2v) is 8.15. The van der Waals surface area contributed by atoms with Crippen molar-refractivity contribution in [2.75, 3.05) is 38.0 Å². The first-order valence-corrected chi connectivity index (χ1v) is 10.3. The zero-order valence-electron chi connectivity index (χ0n) is 16.6. The predicted octanol–water partition coefficient (Wildman–Crippen LogP) is 2.81. The van der Waals surface area contributed by atoms with Gasteiger partial charge in [0.15, 0.2) is 0 Å². The van der Waals surface area contributed by atoms with Crippen LogP contribution in [0.3, 0.4) is 0 Å². The van der Waals surface area contributed by atoms with Crippen LogP contribution in [0.25, 0.3) is 0 Å². The number of primary amides is 1. The largest absolute Gasteiger partial charge is 0.351 e. The number of amides is 3. The van der Waals surface area contributed by atoms with E-state index in [1.54, 1.807) is 24.3 Å². The van der Waals surface area contributed by atoms with Crippen LogP contribution in [-0.2, 0) is 6.42 Å². The summed E-state index contributed by atoms with van der Waals surface area (Å²) in [5, 5.41) is 2.51. The molecule has 3 amide bonds. The summed E-state index contributed by atoms with van der Waals surface area (Å²) in [6, 6.07) is 17.0. The number of aryl methyl sites for hydroxylation is 1. The van der Waals surface area contributed by atoms with Gasteiger partial charge in [0.05, 0.1) is 0 Å². The number of likely N-dealkylation sites (tertiary alicyclic amines) is 2. The summed E-state index contributed by atoms with van der Waals surface area (Å²) in [7, 11) is 0. The highest BCUT2D eigenvalue weighted by Gasteiger charge is 2.41. The first kappa shape index (κ1) is 19.5. The van der Waals surface area contributed by atoms with E-state index in [1.807, 2.05) is 4.90 Å². The van der Waals surface area contributed by atoms with Crippen molar-refractivity contribution in [1.29, 1.82) is 0 Å². The first-order valence-electron chi connectivity index (χ1n) is 10.3. The second kappa shape index (κ2) is 8.66. The fourth-order valence-electron chi connectivity index (χ4n) is 4.61. The van der Waals surface area contributed by atoms with Crippen molar-refractivity contribution >= 4 is 17.6 Å². The van der Waals surface area contributed by atoms with Crippen molar-refractivity contribution in [3.8, 4) is 0 Å². The van der Waals surface area contributed by atoms with Gasteiger partial charge in [-0.3, -0.25) is 4.79 Å². The lowest BCUT2D eigenvalue weighted by molar-refractivity contribution is 0.0774. The standard InChI is InChI=1S/C23H28N4O2/c24-23(29)25-21-10-8-18(9-11-21)22(28)27-15-19-13-26(14-20(19)16-27)12-4-7-17-5-2-1-3-6-17/h1-3,5-6,8-11,19-20H,4,7,12-16H2,(H3,24,25,29)/t19-,20?/m0/s1. The maximum absolute atomic E-state index is 12.8. The Morgan fingerprint density at radius 1 is 0.931 bits per heavy atom. The van der Waals surface area contributed by atoms with E-state index in [2.05, 4.69) is 40.5 Å². The number of urea groups is 1. The third kappa shape index (κ3) is 4.77. The van der Waals surface area contributed by atoms with Gasteiger partial charge in [-0.2, -0.15) is 0 Å². The Hall–Kier alpha value is -2.86. The molecule has 2 aromatic rings. The highest BCUT2D eigenvalue weighted by molar-refractivity contribution is 5.95. The van der Waals surface area contributed by atoms with Gasteiger partial charge in [0.25, 0.3) is 5.91 Å². The predicted molar refractivity (Wildman–Crippen MR) is 114 cm³/mol. The lowest BCUT2D eigenvalue weighted by Crippen LogP contribution is -2.33. The monoisotopic (exact) mass is 392 g/mol. The molecule has 0 aliphatic carbocycles. The topological polar surface area (TPSA) is 78.7 Å². The van der Waals surface area contributed by atoms with Crippen LogP contribution in [0.5, 0.6) is 0 Å². The van der Waals surface area contributed by atoms with Gasteiger partial charge in [0.1, 0.15) is 0 Å². The van der Waals surface area contributed by atoms with Crippen molar-refractivity contribution in [3.63, 3.8) is 0 Å². The fourth-order valence-corrected chi connectivity index (χ4v) is 4.61. The van der Waals surface area contributed by atoms with E-state index >= 15 is 0 Å². The number of nitrogens with zero attached hydrogens (tertiary/aromatic N) is 2. The molecular formula is C23H28N4O2. The van der Waals surface area contributed by atoms with Crippen molar-refractivity contribution in [1.82, 2.24) is 9.80 Å². The van der Waals surface area contributed by atoms with Crippen LogP contribution in [-0.4, -0.2) is 54.5 Å². The van der Waals surface area contributed by atoms with Crippen molar-refractivity contribution in [2.45, 2.75) is 12.8 Å². The van der Waals surface area contributed by atoms with Crippen LogP contribution in [0.2, 0.25) is 0 Å². The van der Waals surface area contributed by atoms with E-state index < -0.39 is 6.03 Å². The highest BCUT2D eigenvalue weighted by Crippen LogP contribution is 2.32. The molecule has 29 heavy (non-hydrogen) atoms. The quantitative estimate of drug-likeness (QED) is 0.793. The van der Waals surface area contributed by atoms with E-state index in [-0.39, 0.29) is 5.91 Å². The molecule has 3 N–H and O–H groups in total. The number of anilines is 1. The van der Waals surface area contributed by atoms with Gasteiger partial charge in [0, 0.05) is 37.4 Å². The summed E-state index contributed by atoms with van der Waals surface area (Å²) >= 11 is 0. The fraction of sp³-hybridized carbons (Fsp3) is 0.391. The minimum Gasteiger partial charge on any atom is -0.351 e. The van der Waals surface area contributed by atoms with Crippen LogP contribution in [0.4, 0.5) is 10.5 Å². The van der Waals surface area contributed by atoms with Gasteiger partial charge >= 0.3 is 6.03 Å². The molecule has 4 rings (SSSR count). The maximum atomic E-state index is 12.8. The van der Waals surface area contributed by atoms with Crippen LogP contribution >= 0.6 is 0 Å². The Morgan fingerprint density at radius 2 is 1.59 bits per heavy atom. The lowest BCUT2D eigenvalue weighted by atomic mass is 10.0. The van der Waals surface area contributed by atoms with Crippen LogP contribution in [0.1, 0.15) is 22.3 Å². The third-order valence-corrected chi connectivity index (χ3v) is 6.03. The molecule has 0 bridgehead atoms. The Balaban J connectivity index is 1.24. The second-order valence-electron chi connectivity index (χ2n) is 8.15. The SMILES string of the molecule is NC(=O)Nc1ccc(C(=O)N2CC3CN(CCCc4ccccc4)C[C@H]3C2)cc1. The number of carbonyl (C=O) groups is 2. The number of nitrogens with one attached hydrogen (secondary N) is 1. The van der Waals surface area contributed by atoms with Crippen LogP contribution < -0.4 is 11.1 Å². The summed E-state index contributed by atoms with van der Waals surface area (Å²) in [5.74, 6) is 1.22. The summed E-state index contributed by atoms with van der Waals surface area (Å²) in [6.45, 7) is 4.97. The summed E-state index contributed by atoms with van der Waals surface area (Å²) in [5.41, 5.74) is 7.77. The molecule has 2 aliphatic heterocycles. The molecule has 2 atom stereocenters. The minimum absolute atomic E-state index is 0.0700. The van der Waals surface area contributed by atoms with Crippen LogP contribution in [0.15, 0.2) is 54.6 Å². The third-order valence-electron chi connectivity index (χ3n) is 6.03. The number of fused-ring (bicyclic) bond motifs is 1. The van der Waals surface area contributed by atoms with E-state index in [0.717, 1.165) is 39.1 Å². The molecule has 152 valence electrons. The minimum atomic E-state index is -0.607. The molecule has 0 aromatic heterocycles. The van der Waals surface area contributed by atoms with Crippen molar-refractivity contribution in [2.24, 2.45) is 17.6 Å². The molecule has 2 heterocycles. The molecule has 2 aliphatic rings. The summed E-state index contributed by atoms with van der Waals surface area (Å²) in [4.78, 5) is 28.3. The molecule has 0 spiro atoms. The molecule has 1 unspecified atom stereocenters. The Bertz CT molecular complexity index is 839. The summed E-state index contributed by atoms with van der Waals surface area (Å²) in [6.07, 6.45) is 2.30. The number of carbonyl (C=O) groups excluding carboxylic acids is 2. The smallest absolute Gasteiger partial charge is 0.316 e. The van der Waals surface area contributed by atoms with Gasteiger partial charge in [0.2, 0.25) is 0 Å². The number of nitrogens with two attached hydrogens (primary N) is 1.